The van der Waals surface area contributed by atoms with E-state index in [4.69, 9.17) is 20.9 Å². The number of halogens is 1. The number of hydrogen-bond donors (Lipinski definition) is 1. The molecule has 0 unspecified atom stereocenters. The van der Waals surface area contributed by atoms with Crippen LogP contribution in [0.15, 0.2) is 59.4 Å². The number of ether oxygens (including phenoxy) is 1. The van der Waals surface area contributed by atoms with E-state index in [-0.39, 0.29) is 29.4 Å². The number of carbonyl (C=O) groups is 1. The van der Waals surface area contributed by atoms with Crippen LogP contribution in [0, 0.1) is 24.0 Å². The number of nitrogens with zero attached hydrogens (tertiary/aromatic N) is 4. The molecule has 0 fully saturated rings. The Hall–Kier alpha value is -4.18. The van der Waals surface area contributed by atoms with Crippen LogP contribution >= 0.6 is 11.6 Å². The summed E-state index contributed by atoms with van der Waals surface area (Å²) in [4.78, 5) is 23.8. The molecule has 0 radical (unpaired) electrons. The zero-order valence-electron chi connectivity index (χ0n) is 17.6. The van der Waals surface area contributed by atoms with Gasteiger partial charge < -0.3 is 14.6 Å². The van der Waals surface area contributed by atoms with Gasteiger partial charge in [-0.3, -0.25) is 19.6 Å². The van der Waals surface area contributed by atoms with Gasteiger partial charge in [0.2, 0.25) is 0 Å². The quantitative estimate of drug-likeness (QED) is 0.294. The first-order chi connectivity index (χ1) is 15.8. The molecule has 1 amide bonds. The lowest BCUT2D eigenvalue weighted by atomic mass is 10.1. The number of nitrogens with one attached hydrogen (secondary N) is 1. The smallest absolute Gasteiger partial charge is 0.278 e. The van der Waals surface area contributed by atoms with Crippen LogP contribution in [0.3, 0.4) is 0 Å². The number of rotatable bonds is 7. The standard InChI is InChI=1S/C22H18ClN5O5/c1-13-4-3-5-18(6-13)32-19-8-16(7-17(9-19)28(30)31)25-22(29)21-20(14(2)33-26-21)12-27-11-15(23)10-24-27/h3-11H,12H2,1-2H3,(H,25,29). The molecule has 4 aromatic rings. The van der Waals surface area contributed by atoms with Crippen LogP contribution in [0.2, 0.25) is 5.02 Å². The zero-order valence-corrected chi connectivity index (χ0v) is 18.4. The Bertz CT molecular complexity index is 1350. The normalized spacial score (nSPS) is 10.8. The lowest BCUT2D eigenvalue weighted by Crippen LogP contribution is -2.16. The first-order valence-corrected chi connectivity index (χ1v) is 10.1. The lowest BCUT2D eigenvalue weighted by Gasteiger charge is -2.10. The molecular formula is C22H18ClN5O5. The third-order valence-corrected chi connectivity index (χ3v) is 4.90. The second-order valence-electron chi connectivity index (χ2n) is 7.27. The molecule has 2 aromatic heterocycles. The monoisotopic (exact) mass is 467 g/mol. The predicted octanol–water partition coefficient (Wildman–Crippen LogP) is 5.14. The zero-order chi connectivity index (χ0) is 23.5. The minimum atomic E-state index is -0.595. The van der Waals surface area contributed by atoms with E-state index >= 15 is 0 Å². The fourth-order valence-electron chi connectivity index (χ4n) is 3.17. The molecule has 11 heteroatoms. The van der Waals surface area contributed by atoms with Gasteiger partial charge in [-0.05, 0) is 31.5 Å². The molecule has 0 atom stereocenters. The summed E-state index contributed by atoms with van der Waals surface area (Å²) in [6.45, 7) is 3.79. The van der Waals surface area contributed by atoms with Gasteiger partial charge >= 0.3 is 0 Å². The summed E-state index contributed by atoms with van der Waals surface area (Å²) in [5, 5.41) is 22.4. The van der Waals surface area contributed by atoms with Gasteiger partial charge in [0.05, 0.1) is 34.4 Å². The highest BCUT2D eigenvalue weighted by molar-refractivity contribution is 6.30. The molecule has 1 N–H and O–H groups in total. The minimum absolute atomic E-state index is 0.0341. The average Bonchev–Trinajstić information content (AvgIpc) is 3.33. The summed E-state index contributed by atoms with van der Waals surface area (Å²) in [5.74, 6) is 0.560. The maximum atomic E-state index is 12.9. The van der Waals surface area contributed by atoms with Crippen LogP contribution in [-0.2, 0) is 6.54 Å². The van der Waals surface area contributed by atoms with Crippen molar-refractivity contribution in [1.82, 2.24) is 14.9 Å². The third kappa shape index (κ3) is 5.18. The van der Waals surface area contributed by atoms with Crippen molar-refractivity contribution in [3.8, 4) is 11.5 Å². The third-order valence-electron chi connectivity index (χ3n) is 4.71. The van der Waals surface area contributed by atoms with Gasteiger partial charge in [0, 0.05) is 23.9 Å². The number of nitro groups is 1. The van der Waals surface area contributed by atoms with E-state index in [1.807, 2.05) is 19.1 Å². The summed E-state index contributed by atoms with van der Waals surface area (Å²) in [5.41, 5.74) is 1.45. The Morgan fingerprint density at radius 2 is 2.06 bits per heavy atom. The van der Waals surface area contributed by atoms with E-state index in [0.29, 0.717) is 22.1 Å². The van der Waals surface area contributed by atoms with Crippen molar-refractivity contribution in [2.45, 2.75) is 20.4 Å². The highest BCUT2D eigenvalue weighted by Crippen LogP contribution is 2.30. The molecule has 2 aromatic carbocycles. The van der Waals surface area contributed by atoms with Gasteiger partial charge in [-0.25, -0.2) is 0 Å². The molecule has 0 saturated carbocycles. The number of anilines is 1. The average molecular weight is 468 g/mol. The number of nitro benzene ring substituents is 1. The molecule has 33 heavy (non-hydrogen) atoms. The van der Waals surface area contributed by atoms with Gasteiger partial charge in [0.25, 0.3) is 11.6 Å². The molecule has 168 valence electrons. The lowest BCUT2D eigenvalue weighted by molar-refractivity contribution is -0.384. The van der Waals surface area contributed by atoms with Gasteiger partial charge in [0.15, 0.2) is 5.69 Å². The van der Waals surface area contributed by atoms with E-state index < -0.39 is 10.8 Å². The predicted molar refractivity (Wildman–Crippen MR) is 120 cm³/mol. The highest BCUT2D eigenvalue weighted by atomic mass is 35.5. The number of benzene rings is 2. The summed E-state index contributed by atoms with van der Waals surface area (Å²) in [7, 11) is 0. The molecule has 0 aliphatic rings. The molecule has 2 heterocycles. The molecule has 0 aliphatic heterocycles. The number of carbonyl (C=O) groups excluding carboxylic acids is 1. The number of aromatic nitrogens is 3. The Labute approximate surface area is 192 Å². The van der Waals surface area contributed by atoms with E-state index in [1.165, 1.54) is 24.4 Å². The Balaban J connectivity index is 1.60. The fourth-order valence-corrected chi connectivity index (χ4v) is 3.32. The summed E-state index contributed by atoms with van der Waals surface area (Å²) < 4.78 is 12.5. The number of hydrogen-bond acceptors (Lipinski definition) is 7. The van der Waals surface area contributed by atoms with Crippen LogP contribution in [0.25, 0.3) is 0 Å². The van der Waals surface area contributed by atoms with Crippen molar-refractivity contribution in [2.24, 2.45) is 0 Å². The van der Waals surface area contributed by atoms with Gasteiger partial charge in [0.1, 0.15) is 17.3 Å². The van der Waals surface area contributed by atoms with Crippen LogP contribution in [0.4, 0.5) is 11.4 Å². The maximum absolute atomic E-state index is 12.9. The fraction of sp³-hybridized carbons (Fsp3) is 0.136. The van der Waals surface area contributed by atoms with E-state index in [9.17, 15) is 14.9 Å². The van der Waals surface area contributed by atoms with E-state index in [1.54, 1.807) is 29.9 Å². The van der Waals surface area contributed by atoms with Crippen LogP contribution < -0.4 is 10.1 Å². The largest absolute Gasteiger partial charge is 0.457 e. The highest BCUT2D eigenvalue weighted by Gasteiger charge is 2.22. The molecule has 0 bridgehead atoms. The summed E-state index contributed by atoms with van der Waals surface area (Å²) in [6, 6.07) is 11.3. The molecule has 0 aliphatic carbocycles. The maximum Gasteiger partial charge on any atom is 0.278 e. The minimum Gasteiger partial charge on any atom is -0.457 e. The van der Waals surface area contributed by atoms with E-state index in [2.05, 4.69) is 15.6 Å². The number of non-ortho nitro benzene ring substituents is 1. The van der Waals surface area contributed by atoms with Crippen LogP contribution in [0.1, 0.15) is 27.4 Å². The number of aryl methyl sites for hydroxylation is 2. The van der Waals surface area contributed by atoms with Crippen LogP contribution in [-0.4, -0.2) is 25.8 Å². The van der Waals surface area contributed by atoms with Crippen molar-refractivity contribution in [2.75, 3.05) is 5.32 Å². The van der Waals surface area contributed by atoms with Crippen molar-refractivity contribution < 1.29 is 19.0 Å². The Morgan fingerprint density at radius 1 is 1.24 bits per heavy atom. The second-order valence-corrected chi connectivity index (χ2v) is 7.70. The van der Waals surface area contributed by atoms with Crippen LogP contribution in [0.5, 0.6) is 11.5 Å². The molecular weight excluding hydrogens is 450 g/mol. The first kappa shape index (κ1) is 22.0. The summed E-state index contributed by atoms with van der Waals surface area (Å²) in [6.07, 6.45) is 3.08. The second kappa shape index (κ2) is 9.13. The van der Waals surface area contributed by atoms with Gasteiger partial charge in [-0.2, -0.15) is 5.10 Å². The van der Waals surface area contributed by atoms with E-state index in [0.717, 1.165) is 5.56 Å². The van der Waals surface area contributed by atoms with Crippen molar-refractivity contribution in [3.05, 3.63) is 92.6 Å². The Morgan fingerprint density at radius 3 is 2.76 bits per heavy atom. The topological polar surface area (TPSA) is 125 Å². The Kier molecular flexibility index (Phi) is 6.09. The molecule has 4 rings (SSSR count). The summed E-state index contributed by atoms with van der Waals surface area (Å²) >= 11 is 5.90. The van der Waals surface area contributed by atoms with Gasteiger partial charge in [-0.1, -0.05) is 28.9 Å². The van der Waals surface area contributed by atoms with Crippen molar-refractivity contribution in [1.29, 1.82) is 0 Å². The van der Waals surface area contributed by atoms with Crippen molar-refractivity contribution >= 4 is 28.9 Å². The number of amides is 1. The van der Waals surface area contributed by atoms with Gasteiger partial charge in [-0.15, -0.1) is 0 Å². The van der Waals surface area contributed by atoms with Crippen molar-refractivity contribution in [3.63, 3.8) is 0 Å². The molecule has 0 saturated heterocycles. The molecule has 0 spiro atoms. The first-order valence-electron chi connectivity index (χ1n) is 9.77. The SMILES string of the molecule is Cc1cccc(Oc2cc(NC(=O)c3noc(C)c3Cn3cc(Cl)cn3)cc([N+](=O)[O-])c2)c1. The molecule has 10 nitrogen and oxygen atoms in total.